The van der Waals surface area contributed by atoms with Crippen molar-refractivity contribution in [3.8, 4) is 0 Å². The third-order valence-electron chi connectivity index (χ3n) is 2.37. The fourth-order valence-electron chi connectivity index (χ4n) is 1.38. The number of aromatic nitrogens is 1. The molecule has 0 atom stereocenters. The molecule has 4 heteroatoms. The van der Waals surface area contributed by atoms with E-state index in [1.54, 1.807) is 12.3 Å². The van der Waals surface area contributed by atoms with E-state index in [0.29, 0.717) is 11.7 Å². The topological polar surface area (TPSA) is 68.0 Å². The molecule has 1 aromatic heterocycles. The summed E-state index contributed by atoms with van der Waals surface area (Å²) in [4.78, 5) is 14.8. The van der Waals surface area contributed by atoms with Gasteiger partial charge in [-0.25, -0.2) is 0 Å². The van der Waals surface area contributed by atoms with Crippen LogP contribution >= 0.6 is 0 Å². The second-order valence-electron chi connectivity index (χ2n) is 3.45. The molecule has 0 bridgehead atoms. The van der Waals surface area contributed by atoms with Crippen LogP contribution in [0.1, 0.15) is 37.2 Å². The summed E-state index contributed by atoms with van der Waals surface area (Å²) < 4.78 is 0. The molecule has 0 radical (unpaired) electrons. The highest BCUT2D eigenvalue weighted by molar-refractivity contribution is 5.91. The average molecular weight is 207 g/mol. The van der Waals surface area contributed by atoms with E-state index in [1.807, 2.05) is 6.07 Å². The Bertz CT molecular complexity index is 334. The lowest BCUT2D eigenvalue weighted by atomic mass is 10.1. The molecule has 0 aliphatic heterocycles. The van der Waals surface area contributed by atoms with Crippen LogP contribution in [0, 0.1) is 0 Å². The Hall–Kier alpha value is -1.58. The lowest BCUT2D eigenvalue weighted by molar-refractivity contribution is 0.0995. The van der Waals surface area contributed by atoms with Crippen molar-refractivity contribution in [1.82, 2.24) is 4.98 Å². The van der Waals surface area contributed by atoms with Crippen molar-refractivity contribution in [1.29, 1.82) is 0 Å². The number of pyridine rings is 1. The molecular formula is C11H17N3O. The molecule has 1 aromatic rings. The molecule has 0 unspecified atom stereocenters. The molecule has 1 rings (SSSR count). The first kappa shape index (κ1) is 11.5. The number of carbonyl (C=O) groups is 1. The summed E-state index contributed by atoms with van der Waals surface area (Å²) in [5.41, 5.74) is 6.34. The van der Waals surface area contributed by atoms with Crippen LogP contribution in [0.5, 0.6) is 0 Å². The molecule has 0 aliphatic carbocycles. The van der Waals surface area contributed by atoms with Gasteiger partial charge in [0.05, 0.1) is 0 Å². The van der Waals surface area contributed by atoms with Crippen molar-refractivity contribution in [2.24, 2.45) is 5.73 Å². The number of amides is 1. The van der Waals surface area contributed by atoms with E-state index in [0.717, 1.165) is 18.5 Å². The number of carbonyl (C=O) groups excluding carboxylic acids is 1. The molecule has 4 nitrogen and oxygen atoms in total. The normalized spacial score (nSPS) is 10.3. The smallest absolute Gasteiger partial charge is 0.267 e. The van der Waals surface area contributed by atoms with E-state index in [9.17, 15) is 4.79 Å². The van der Waals surface area contributed by atoms with Gasteiger partial charge in [0.2, 0.25) is 0 Å². The Balaban J connectivity index is 2.77. The van der Waals surface area contributed by atoms with Crippen LogP contribution in [0.15, 0.2) is 18.3 Å². The molecule has 3 N–H and O–H groups in total. The van der Waals surface area contributed by atoms with Gasteiger partial charge in [0.15, 0.2) is 0 Å². The van der Waals surface area contributed by atoms with E-state index in [1.165, 1.54) is 0 Å². The van der Waals surface area contributed by atoms with E-state index in [4.69, 9.17) is 5.73 Å². The van der Waals surface area contributed by atoms with Crippen LogP contribution in [-0.2, 0) is 0 Å². The van der Waals surface area contributed by atoms with Gasteiger partial charge in [0, 0.05) is 17.9 Å². The molecule has 0 aromatic carbocycles. The average Bonchev–Trinajstić information content (AvgIpc) is 2.26. The van der Waals surface area contributed by atoms with E-state index < -0.39 is 5.91 Å². The standard InChI is InChI=1S/C11H17N3O/c1-3-8(4-2)14-9-5-6-13-10(7-9)11(12)15/h5-8H,3-4H2,1-2H3,(H2,12,15)(H,13,14). The van der Waals surface area contributed by atoms with Crippen molar-refractivity contribution in [2.45, 2.75) is 32.7 Å². The Kier molecular flexibility index (Phi) is 4.09. The fraction of sp³-hybridized carbons (Fsp3) is 0.455. The predicted molar refractivity (Wildman–Crippen MR) is 60.7 cm³/mol. The van der Waals surface area contributed by atoms with Crippen molar-refractivity contribution >= 4 is 11.6 Å². The monoisotopic (exact) mass is 207 g/mol. The first-order valence-electron chi connectivity index (χ1n) is 5.19. The van der Waals surface area contributed by atoms with Crippen molar-refractivity contribution < 1.29 is 4.79 Å². The number of hydrogen-bond donors (Lipinski definition) is 2. The molecule has 1 heterocycles. The zero-order valence-corrected chi connectivity index (χ0v) is 9.16. The maximum absolute atomic E-state index is 10.9. The fourth-order valence-corrected chi connectivity index (χ4v) is 1.38. The number of primary amides is 1. The summed E-state index contributed by atoms with van der Waals surface area (Å²) in [5.74, 6) is -0.497. The van der Waals surface area contributed by atoms with Crippen LogP contribution in [0.3, 0.4) is 0 Å². The molecule has 0 spiro atoms. The van der Waals surface area contributed by atoms with Crippen LogP contribution in [0.2, 0.25) is 0 Å². The molecule has 0 fully saturated rings. The summed E-state index contributed by atoms with van der Waals surface area (Å²) in [6, 6.07) is 3.94. The summed E-state index contributed by atoms with van der Waals surface area (Å²) in [5, 5.41) is 3.33. The molecule has 82 valence electrons. The Morgan fingerprint density at radius 2 is 2.20 bits per heavy atom. The molecule has 0 saturated heterocycles. The first-order valence-corrected chi connectivity index (χ1v) is 5.19. The predicted octanol–water partition coefficient (Wildman–Crippen LogP) is 1.78. The minimum atomic E-state index is -0.497. The summed E-state index contributed by atoms with van der Waals surface area (Å²) >= 11 is 0. The van der Waals surface area contributed by atoms with Crippen LogP contribution in [0.4, 0.5) is 5.69 Å². The van der Waals surface area contributed by atoms with Gasteiger partial charge in [0.1, 0.15) is 5.69 Å². The largest absolute Gasteiger partial charge is 0.382 e. The van der Waals surface area contributed by atoms with Gasteiger partial charge in [-0.15, -0.1) is 0 Å². The highest BCUT2D eigenvalue weighted by Gasteiger charge is 2.06. The summed E-state index contributed by atoms with van der Waals surface area (Å²) in [6.07, 6.45) is 3.68. The number of nitrogens with zero attached hydrogens (tertiary/aromatic N) is 1. The van der Waals surface area contributed by atoms with Gasteiger partial charge in [-0.05, 0) is 25.0 Å². The van der Waals surface area contributed by atoms with Crippen LogP contribution in [-0.4, -0.2) is 16.9 Å². The van der Waals surface area contributed by atoms with Crippen molar-refractivity contribution in [3.63, 3.8) is 0 Å². The number of anilines is 1. The minimum absolute atomic E-state index is 0.297. The first-order chi connectivity index (χ1) is 7.17. The highest BCUT2D eigenvalue weighted by Crippen LogP contribution is 2.11. The third kappa shape index (κ3) is 3.23. The second-order valence-corrected chi connectivity index (χ2v) is 3.45. The van der Waals surface area contributed by atoms with Gasteiger partial charge >= 0.3 is 0 Å². The van der Waals surface area contributed by atoms with E-state index in [-0.39, 0.29) is 0 Å². The molecule has 1 amide bonds. The van der Waals surface area contributed by atoms with Crippen LogP contribution < -0.4 is 11.1 Å². The SMILES string of the molecule is CCC(CC)Nc1ccnc(C(N)=O)c1. The highest BCUT2D eigenvalue weighted by atomic mass is 16.1. The molecule has 0 saturated carbocycles. The molecule has 0 aliphatic rings. The lowest BCUT2D eigenvalue weighted by Crippen LogP contribution is -2.18. The Labute approximate surface area is 89.9 Å². The number of rotatable bonds is 5. The Morgan fingerprint density at radius 1 is 1.53 bits per heavy atom. The van der Waals surface area contributed by atoms with Gasteiger partial charge < -0.3 is 11.1 Å². The zero-order chi connectivity index (χ0) is 11.3. The Morgan fingerprint density at radius 3 is 2.73 bits per heavy atom. The van der Waals surface area contributed by atoms with E-state index in [2.05, 4.69) is 24.1 Å². The van der Waals surface area contributed by atoms with Gasteiger partial charge in [0.25, 0.3) is 5.91 Å². The van der Waals surface area contributed by atoms with Crippen molar-refractivity contribution in [2.75, 3.05) is 5.32 Å². The van der Waals surface area contributed by atoms with Gasteiger partial charge in [-0.3, -0.25) is 9.78 Å². The summed E-state index contributed by atoms with van der Waals surface area (Å²) in [7, 11) is 0. The lowest BCUT2D eigenvalue weighted by Gasteiger charge is -2.16. The molecule has 15 heavy (non-hydrogen) atoms. The summed E-state index contributed by atoms with van der Waals surface area (Å²) in [6.45, 7) is 4.24. The number of hydrogen-bond acceptors (Lipinski definition) is 3. The molecular weight excluding hydrogens is 190 g/mol. The van der Waals surface area contributed by atoms with Gasteiger partial charge in [-0.1, -0.05) is 13.8 Å². The van der Waals surface area contributed by atoms with Crippen LogP contribution in [0.25, 0.3) is 0 Å². The second kappa shape index (κ2) is 5.34. The number of nitrogens with two attached hydrogens (primary N) is 1. The zero-order valence-electron chi connectivity index (χ0n) is 9.16. The number of nitrogens with one attached hydrogen (secondary N) is 1. The quantitative estimate of drug-likeness (QED) is 0.773. The third-order valence-corrected chi connectivity index (χ3v) is 2.37. The van der Waals surface area contributed by atoms with Crippen molar-refractivity contribution in [3.05, 3.63) is 24.0 Å². The maximum atomic E-state index is 10.9. The van der Waals surface area contributed by atoms with E-state index >= 15 is 0 Å². The van der Waals surface area contributed by atoms with Gasteiger partial charge in [-0.2, -0.15) is 0 Å². The maximum Gasteiger partial charge on any atom is 0.267 e. The minimum Gasteiger partial charge on any atom is -0.382 e.